The van der Waals surface area contributed by atoms with E-state index in [0.29, 0.717) is 0 Å². The summed E-state index contributed by atoms with van der Waals surface area (Å²) in [5.41, 5.74) is 3.68. The molecular formula is C11H16ClFN4O7S. The molecule has 0 unspecified atom stereocenters. The highest BCUT2D eigenvalue weighted by molar-refractivity contribution is 7.80. The van der Waals surface area contributed by atoms with Crippen LogP contribution in [0.2, 0.25) is 0 Å². The Balaban J connectivity index is 0.000000480. The van der Waals surface area contributed by atoms with Crippen molar-refractivity contribution < 1.29 is 55.1 Å². The summed E-state index contributed by atoms with van der Waals surface area (Å²) in [7, 11) is -8.45. The van der Waals surface area contributed by atoms with Gasteiger partial charge < -0.3 is 4.55 Å². The number of rotatable bonds is 1. The maximum absolute atomic E-state index is 10.1. The third-order valence-corrected chi connectivity index (χ3v) is 2.41. The number of hydrogen-bond acceptors (Lipinski definition) is 8. The van der Waals surface area contributed by atoms with Gasteiger partial charge in [-0.1, -0.05) is 0 Å². The van der Waals surface area contributed by atoms with E-state index in [1.807, 2.05) is 18.1 Å². The van der Waals surface area contributed by atoms with Gasteiger partial charge in [0.25, 0.3) is 16.8 Å². The zero-order chi connectivity index (χ0) is 20.0. The Bertz CT molecular complexity index is 770. The van der Waals surface area contributed by atoms with Gasteiger partial charge in [0.05, 0.1) is 0 Å². The average molecular weight is 403 g/mol. The molecular weight excluding hydrogens is 387 g/mol. The van der Waals surface area contributed by atoms with Crippen LogP contribution in [0.25, 0.3) is 0 Å². The van der Waals surface area contributed by atoms with Crippen LogP contribution < -0.4 is 28.0 Å². The molecule has 11 nitrogen and oxygen atoms in total. The molecule has 0 aliphatic heterocycles. The van der Waals surface area contributed by atoms with Crippen molar-refractivity contribution in [1.29, 1.82) is 0 Å². The van der Waals surface area contributed by atoms with Crippen LogP contribution in [0.3, 0.4) is 0 Å². The molecule has 142 valence electrons. The Morgan fingerprint density at radius 2 is 1.48 bits per heavy atom. The molecule has 2 rings (SSSR count). The van der Waals surface area contributed by atoms with Crippen LogP contribution in [0.1, 0.15) is 17.0 Å². The fourth-order valence-corrected chi connectivity index (χ4v) is 1.93. The third-order valence-electron chi connectivity index (χ3n) is 2.41. The Labute approximate surface area is 145 Å². The number of pyridine rings is 1. The zero-order valence-electron chi connectivity index (χ0n) is 13.6. The lowest BCUT2D eigenvalue weighted by Gasteiger charge is -2.17. The molecule has 0 N–H and O–H groups in total. The average Bonchev–Trinajstić information content (AvgIpc) is 2.69. The molecule has 2 aromatic rings. The first kappa shape index (κ1) is 23.3. The smallest absolute Gasteiger partial charge is 0.329 e. The second kappa shape index (κ2) is 9.10. The Kier molecular flexibility index (Phi) is 8.46. The summed E-state index contributed by atoms with van der Waals surface area (Å²) in [6.45, 7) is 6.30. The molecule has 0 spiro atoms. The topological polar surface area (TPSA) is 175 Å². The van der Waals surface area contributed by atoms with Crippen LogP contribution in [0, 0.1) is 31.0 Å². The van der Waals surface area contributed by atoms with Crippen molar-refractivity contribution in [1.82, 2.24) is 9.77 Å². The van der Waals surface area contributed by atoms with Crippen LogP contribution in [0.15, 0.2) is 24.8 Å². The maximum atomic E-state index is 10.1. The molecule has 0 atom stereocenters. The fourth-order valence-electron chi connectivity index (χ4n) is 1.93. The molecule has 0 radical (unpaired) electrons. The quantitative estimate of drug-likeness (QED) is 0.258. The SMILES string of the molecule is Cc1cc(C)[n+](-n2cn[n+](C)c2)c(C)c1.O=S(=O)([O-])F.[O-][Cl+3]([O-])([O-])[O-]. The van der Waals surface area contributed by atoms with E-state index in [2.05, 4.69) is 42.7 Å². The summed E-state index contributed by atoms with van der Waals surface area (Å²) in [6, 6.07) is 4.32. The Hall–Kier alpha value is -1.74. The van der Waals surface area contributed by atoms with E-state index in [0.717, 1.165) is 0 Å². The van der Waals surface area contributed by atoms with Gasteiger partial charge >= 0.3 is 6.33 Å². The van der Waals surface area contributed by atoms with Gasteiger partial charge in [-0.25, -0.2) is 27.1 Å². The van der Waals surface area contributed by atoms with Crippen LogP contribution >= 0.6 is 0 Å². The van der Waals surface area contributed by atoms with Crippen LogP contribution in [0.4, 0.5) is 3.89 Å². The summed E-state index contributed by atoms with van der Waals surface area (Å²) in [4.78, 5) is 0. The lowest BCUT2D eigenvalue weighted by atomic mass is 10.2. The van der Waals surface area contributed by atoms with Gasteiger partial charge in [-0.15, -0.1) is 18.8 Å². The van der Waals surface area contributed by atoms with E-state index >= 15 is 0 Å². The van der Waals surface area contributed by atoms with E-state index in [1.165, 1.54) is 17.0 Å². The van der Waals surface area contributed by atoms with Crippen molar-refractivity contribution >= 4 is 10.5 Å². The van der Waals surface area contributed by atoms with Crippen molar-refractivity contribution in [3.8, 4) is 0 Å². The molecule has 2 heterocycles. The molecule has 0 aliphatic carbocycles. The van der Waals surface area contributed by atoms with Gasteiger partial charge in [0.1, 0.15) is 7.05 Å². The van der Waals surface area contributed by atoms with Gasteiger partial charge in [0.2, 0.25) is 11.4 Å². The normalized spacial score (nSPS) is 11.1. The first-order chi connectivity index (χ1) is 11.1. The minimum atomic E-state index is -5.42. The second-order valence-electron chi connectivity index (χ2n) is 4.70. The monoisotopic (exact) mass is 402 g/mol. The van der Waals surface area contributed by atoms with Gasteiger partial charge in [0, 0.05) is 30.7 Å². The van der Waals surface area contributed by atoms with Crippen molar-refractivity contribution in [2.75, 3.05) is 0 Å². The predicted octanol–water partition coefficient (Wildman–Crippen LogP) is -5.11. The fraction of sp³-hybridized carbons (Fsp3) is 0.364. The maximum Gasteiger partial charge on any atom is 0.329 e. The molecule has 0 saturated heterocycles. The van der Waals surface area contributed by atoms with Crippen LogP contribution in [0.5, 0.6) is 0 Å². The number of halogens is 2. The van der Waals surface area contributed by atoms with E-state index in [9.17, 15) is 3.89 Å². The largest absolute Gasteiger partial charge is 0.722 e. The van der Waals surface area contributed by atoms with Crippen molar-refractivity contribution in [3.63, 3.8) is 0 Å². The zero-order valence-corrected chi connectivity index (χ0v) is 15.2. The van der Waals surface area contributed by atoms with Gasteiger partial charge in [-0.05, 0) is 22.3 Å². The number of hydrogen-bond donors (Lipinski definition) is 0. The second-order valence-corrected chi connectivity index (χ2v) is 6.24. The summed E-state index contributed by atoms with van der Waals surface area (Å²) >= 11 is 0. The van der Waals surface area contributed by atoms with Gasteiger partial charge in [-0.2, -0.15) is 0 Å². The molecule has 0 aromatic carbocycles. The Morgan fingerprint density at radius 3 is 1.76 bits per heavy atom. The lowest BCUT2D eigenvalue weighted by Crippen LogP contribution is -2.68. The summed E-state index contributed by atoms with van der Waals surface area (Å²) in [5, 5.41) is 4.16. The molecule has 2 aromatic heterocycles. The molecule has 0 saturated carbocycles. The molecule has 0 fully saturated rings. The summed E-state index contributed by atoms with van der Waals surface area (Å²) < 4.78 is 75.2. The number of aryl methyl sites for hydroxylation is 4. The molecule has 0 aliphatic rings. The van der Waals surface area contributed by atoms with E-state index in [1.54, 1.807) is 11.0 Å². The minimum absolute atomic E-state index is 1.20. The third kappa shape index (κ3) is 12.3. The van der Waals surface area contributed by atoms with E-state index in [-0.39, 0.29) is 0 Å². The minimum Gasteiger partial charge on any atom is -0.722 e. The molecule has 0 amide bonds. The van der Waals surface area contributed by atoms with E-state index < -0.39 is 20.7 Å². The van der Waals surface area contributed by atoms with Crippen LogP contribution in [-0.4, -0.2) is 22.7 Å². The molecule has 14 heteroatoms. The van der Waals surface area contributed by atoms with E-state index in [4.69, 9.17) is 31.6 Å². The first-order valence-corrected chi connectivity index (χ1v) is 8.80. The number of aromatic nitrogens is 4. The van der Waals surface area contributed by atoms with Crippen LogP contribution in [-0.2, 0) is 17.6 Å². The van der Waals surface area contributed by atoms with Gasteiger partial charge in [0.15, 0.2) is 0 Å². The molecule has 0 bridgehead atoms. The lowest BCUT2D eigenvalue weighted by molar-refractivity contribution is -2.00. The highest BCUT2D eigenvalue weighted by Gasteiger charge is 2.19. The number of nitrogens with zero attached hydrogens (tertiary/aromatic N) is 4. The highest BCUT2D eigenvalue weighted by Crippen LogP contribution is 2.01. The van der Waals surface area contributed by atoms with Gasteiger partial charge in [-0.3, -0.25) is 0 Å². The standard InChI is InChI=1S/C11H16N4.ClHO4.FHO3S/c1-9-5-10(2)15(11(3)6-9)14-7-12-13(4)8-14;2-1(3,4)5;1-5(2,3)4/h5-8H,1-4H3;(H,2,3,4,5);(H,2,3,4)/q+2;;/p-2. The van der Waals surface area contributed by atoms with Crippen molar-refractivity contribution in [2.24, 2.45) is 7.05 Å². The van der Waals surface area contributed by atoms with Crippen molar-refractivity contribution in [3.05, 3.63) is 41.7 Å². The molecule has 25 heavy (non-hydrogen) atoms. The summed E-state index contributed by atoms with van der Waals surface area (Å²) in [5.74, 6) is 0. The predicted molar refractivity (Wildman–Crippen MR) is 65.9 cm³/mol. The first-order valence-electron chi connectivity index (χ1n) is 6.25. The van der Waals surface area contributed by atoms with Crippen molar-refractivity contribution in [2.45, 2.75) is 20.8 Å². The summed E-state index contributed by atoms with van der Waals surface area (Å²) in [6.07, 6.45) is 3.74. The highest BCUT2D eigenvalue weighted by atomic mass is 35.7. The Morgan fingerprint density at radius 1 is 1.12 bits per heavy atom.